The van der Waals surface area contributed by atoms with Gasteiger partial charge in [-0.05, 0) is 26.7 Å². The zero-order valence-electron chi connectivity index (χ0n) is 15.2. The van der Waals surface area contributed by atoms with E-state index in [-0.39, 0.29) is 5.41 Å². The highest BCUT2D eigenvalue weighted by Crippen LogP contribution is 2.33. The van der Waals surface area contributed by atoms with Crippen LogP contribution in [0.3, 0.4) is 0 Å². The molecule has 0 amide bonds. The van der Waals surface area contributed by atoms with Crippen LogP contribution in [0.5, 0.6) is 0 Å². The highest BCUT2D eigenvalue weighted by atomic mass is 16.5. The Balaban J connectivity index is 4.39. The van der Waals surface area contributed by atoms with Crippen molar-refractivity contribution in [3.05, 3.63) is 0 Å². The zero-order valence-corrected chi connectivity index (χ0v) is 15.2. The number of hydrogen-bond acceptors (Lipinski definition) is 2. The smallest absolute Gasteiger partial charge is 0.0544 e. The number of ether oxygens (including phenoxy) is 2. The van der Waals surface area contributed by atoms with Crippen LogP contribution in [-0.4, -0.2) is 26.4 Å². The van der Waals surface area contributed by atoms with E-state index >= 15 is 0 Å². The van der Waals surface area contributed by atoms with Crippen LogP contribution in [0.1, 0.15) is 91.9 Å². The molecule has 0 saturated heterocycles. The van der Waals surface area contributed by atoms with Crippen molar-refractivity contribution in [3.63, 3.8) is 0 Å². The maximum absolute atomic E-state index is 5.82. The van der Waals surface area contributed by atoms with E-state index in [1.54, 1.807) is 0 Å². The minimum atomic E-state index is 0.257. The second kappa shape index (κ2) is 14.8. The normalized spacial score (nSPS) is 12.0. The van der Waals surface area contributed by atoms with Crippen LogP contribution >= 0.6 is 0 Å². The summed E-state index contributed by atoms with van der Waals surface area (Å²) in [7, 11) is 0. The van der Waals surface area contributed by atoms with Crippen LogP contribution in [-0.2, 0) is 9.47 Å². The summed E-state index contributed by atoms with van der Waals surface area (Å²) >= 11 is 0. The average Bonchev–Trinajstić information content (AvgIpc) is 2.50. The maximum atomic E-state index is 5.82. The third-order valence-corrected chi connectivity index (χ3v) is 4.35. The Morgan fingerprint density at radius 3 is 1.48 bits per heavy atom. The first-order valence-electron chi connectivity index (χ1n) is 9.40. The molecule has 0 heterocycles. The SMILES string of the molecule is CCCCCCCC(CCCCC)(COCC)COCC. The summed E-state index contributed by atoms with van der Waals surface area (Å²) in [6, 6.07) is 0. The fourth-order valence-electron chi connectivity index (χ4n) is 2.95. The Labute approximate surface area is 134 Å². The minimum Gasteiger partial charge on any atom is -0.381 e. The molecule has 2 nitrogen and oxygen atoms in total. The summed E-state index contributed by atoms with van der Waals surface area (Å²) in [5.74, 6) is 0. The second-order valence-corrected chi connectivity index (χ2v) is 6.40. The molecular weight excluding hydrogens is 260 g/mol. The summed E-state index contributed by atoms with van der Waals surface area (Å²) in [5, 5.41) is 0. The van der Waals surface area contributed by atoms with Gasteiger partial charge in [0.05, 0.1) is 13.2 Å². The molecule has 21 heavy (non-hydrogen) atoms. The second-order valence-electron chi connectivity index (χ2n) is 6.40. The Kier molecular flexibility index (Phi) is 14.8. The van der Waals surface area contributed by atoms with Crippen molar-refractivity contribution < 1.29 is 9.47 Å². The zero-order chi connectivity index (χ0) is 15.8. The number of unbranched alkanes of at least 4 members (excludes halogenated alkanes) is 6. The third kappa shape index (κ3) is 11.2. The van der Waals surface area contributed by atoms with Gasteiger partial charge < -0.3 is 9.47 Å². The van der Waals surface area contributed by atoms with Crippen molar-refractivity contribution in [2.45, 2.75) is 91.9 Å². The topological polar surface area (TPSA) is 18.5 Å². The summed E-state index contributed by atoms with van der Waals surface area (Å²) < 4.78 is 11.6. The van der Waals surface area contributed by atoms with Gasteiger partial charge in [0, 0.05) is 18.6 Å². The molecule has 0 aliphatic carbocycles. The lowest BCUT2D eigenvalue weighted by molar-refractivity contribution is -0.0290. The summed E-state index contributed by atoms with van der Waals surface area (Å²) in [6.07, 6.45) is 13.2. The molecule has 0 aliphatic rings. The lowest BCUT2D eigenvalue weighted by atomic mass is 9.79. The van der Waals surface area contributed by atoms with Gasteiger partial charge in [-0.3, -0.25) is 0 Å². The quantitative estimate of drug-likeness (QED) is 0.326. The van der Waals surface area contributed by atoms with Crippen molar-refractivity contribution in [1.29, 1.82) is 0 Å². The van der Waals surface area contributed by atoms with Gasteiger partial charge in [0.15, 0.2) is 0 Å². The summed E-state index contributed by atoms with van der Waals surface area (Å²) in [5.41, 5.74) is 0.257. The molecule has 0 saturated carbocycles. The standard InChI is InChI=1S/C19H40O2/c1-5-9-11-12-14-16-19(17-20-7-3,18-21-8-4)15-13-10-6-2/h5-18H2,1-4H3. The maximum Gasteiger partial charge on any atom is 0.0544 e. The van der Waals surface area contributed by atoms with Crippen molar-refractivity contribution in [3.8, 4) is 0 Å². The minimum absolute atomic E-state index is 0.257. The first-order chi connectivity index (χ1) is 10.2. The van der Waals surface area contributed by atoms with Crippen LogP contribution in [0.25, 0.3) is 0 Å². The molecular formula is C19H40O2. The van der Waals surface area contributed by atoms with E-state index in [0.717, 1.165) is 26.4 Å². The van der Waals surface area contributed by atoms with Gasteiger partial charge in [-0.25, -0.2) is 0 Å². The molecule has 0 aromatic heterocycles. The predicted octanol–water partition coefficient (Wildman–Crippen LogP) is 5.99. The Morgan fingerprint density at radius 1 is 0.571 bits per heavy atom. The molecule has 0 N–H and O–H groups in total. The lowest BCUT2D eigenvalue weighted by Gasteiger charge is -2.33. The van der Waals surface area contributed by atoms with Crippen LogP contribution in [0.4, 0.5) is 0 Å². The van der Waals surface area contributed by atoms with Gasteiger partial charge >= 0.3 is 0 Å². The van der Waals surface area contributed by atoms with Gasteiger partial charge in [0.25, 0.3) is 0 Å². The van der Waals surface area contributed by atoms with E-state index in [0.29, 0.717) is 0 Å². The van der Waals surface area contributed by atoms with Gasteiger partial charge in [0.2, 0.25) is 0 Å². The van der Waals surface area contributed by atoms with Crippen molar-refractivity contribution in [2.24, 2.45) is 5.41 Å². The molecule has 0 aliphatic heterocycles. The Morgan fingerprint density at radius 2 is 1.00 bits per heavy atom. The van der Waals surface area contributed by atoms with Gasteiger partial charge in [-0.2, -0.15) is 0 Å². The number of rotatable bonds is 16. The highest BCUT2D eigenvalue weighted by Gasteiger charge is 2.29. The van der Waals surface area contributed by atoms with Crippen LogP contribution < -0.4 is 0 Å². The molecule has 0 rings (SSSR count). The fraction of sp³-hybridized carbons (Fsp3) is 1.00. The molecule has 0 spiro atoms. The van der Waals surface area contributed by atoms with E-state index < -0.39 is 0 Å². The molecule has 0 radical (unpaired) electrons. The molecule has 0 unspecified atom stereocenters. The van der Waals surface area contributed by atoms with Crippen molar-refractivity contribution in [1.82, 2.24) is 0 Å². The molecule has 0 atom stereocenters. The molecule has 0 aromatic carbocycles. The average molecular weight is 301 g/mol. The monoisotopic (exact) mass is 300 g/mol. The number of hydrogen-bond donors (Lipinski definition) is 0. The highest BCUT2D eigenvalue weighted by molar-refractivity contribution is 4.79. The van der Waals surface area contributed by atoms with Crippen LogP contribution in [0.2, 0.25) is 0 Å². The summed E-state index contributed by atoms with van der Waals surface area (Å²) in [6.45, 7) is 12.1. The van der Waals surface area contributed by atoms with E-state index in [1.807, 2.05) is 0 Å². The Bertz CT molecular complexity index is 196. The molecule has 0 bridgehead atoms. The van der Waals surface area contributed by atoms with Crippen LogP contribution in [0.15, 0.2) is 0 Å². The summed E-state index contributed by atoms with van der Waals surface area (Å²) in [4.78, 5) is 0. The molecule has 0 fully saturated rings. The third-order valence-electron chi connectivity index (χ3n) is 4.35. The van der Waals surface area contributed by atoms with Crippen molar-refractivity contribution in [2.75, 3.05) is 26.4 Å². The fourth-order valence-corrected chi connectivity index (χ4v) is 2.95. The van der Waals surface area contributed by atoms with E-state index in [2.05, 4.69) is 27.7 Å². The first kappa shape index (κ1) is 20.9. The van der Waals surface area contributed by atoms with E-state index in [9.17, 15) is 0 Å². The van der Waals surface area contributed by atoms with E-state index in [1.165, 1.54) is 64.2 Å². The van der Waals surface area contributed by atoms with Gasteiger partial charge in [-0.15, -0.1) is 0 Å². The first-order valence-corrected chi connectivity index (χ1v) is 9.40. The largest absolute Gasteiger partial charge is 0.381 e. The lowest BCUT2D eigenvalue weighted by Crippen LogP contribution is -2.33. The Hall–Kier alpha value is -0.0800. The van der Waals surface area contributed by atoms with Crippen LogP contribution in [0, 0.1) is 5.41 Å². The molecule has 2 heteroatoms. The van der Waals surface area contributed by atoms with E-state index in [4.69, 9.17) is 9.47 Å². The molecule has 0 aromatic rings. The van der Waals surface area contributed by atoms with Gasteiger partial charge in [0.1, 0.15) is 0 Å². The molecule has 128 valence electrons. The van der Waals surface area contributed by atoms with Crippen molar-refractivity contribution >= 4 is 0 Å². The predicted molar refractivity (Wildman–Crippen MR) is 92.9 cm³/mol. The van der Waals surface area contributed by atoms with Gasteiger partial charge in [-0.1, -0.05) is 65.2 Å².